The molecule has 0 bridgehead atoms. The van der Waals surface area contributed by atoms with Gasteiger partial charge in [-0.3, -0.25) is 0 Å². The first kappa shape index (κ1) is 21.2. The van der Waals surface area contributed by atoms with Crippen molar-refractivity contribution in [3.63, 3.8) is 0 Å². The molecule has 1 atom stereocenters. The van der Waals surface area contributed by atoms with Crippen molar-refractivity contribution in [2.45, 2.75) is 19.9 Å². The number of hydrogen-bond acceptors (Lipinski definition) is 2. The first-order chi connectivity index (χ1) is 14.4. The van der Waals surface area contributed by atoms with Crippen molar-refractivity contribution in [1.29, 1.82) is 0 Å². The molecule has 0 fully saturated rings. The third-order valence-electron chi connectivity index (χ3n) is 4.47. The van der Waals surface area contributed by atoms with E-state index in [0.29, 0.717) is 10.7 Å². The Morgan fingerprint density at radius 3 is 2.30 bits per heavy atom. The number of hydrogen-bond donors (Lipinski definition) is 2. The number of nitrogens with one attached hydrogen (secondary N) is 1. The van der Waals surface area contributed by atoms with Crippen LogP contribution in [0.5, 0.6) is 0 Å². The van der Waals surface area contributed by atoms with E-state index in [1.54, 1.807) is 13.1 Å². The lowest BCUT2D eigenvalue weighted by molar-refractivity contribution is 0.193. The fourth-order valence-electron chi connectivity index (χ4n) is 2.94. The van der Waals surface area contributed by atoms with E-state index in [1.807, 2.05) is 73.7 Å². The molecule has 1 heterocycles. The minimum atomic E-state index is -1.04. The average Bonchev–Trinajstić information content (AvgIpc) is 2.73. The Hall–Kier alpha value is -3.55. The molecule has 0 aliphatic carbocycles. The van der Waals surface area contributed by atoms with Gasteiger partial charge in [-0.25, -0.2) is 9.78 Å². The average molecular weight is 417 g/mol. The Labute approximate surface area is 181 Å². The second-order valence-electron chi connectivity index (χ2n) is 6.85. The largest absolute Gasteiger partial charge is 0.465 e. The van der Waals surface area contributed by atoms with Gasteiger partial charge in [0.25, 0.3) is 0 Å². The van der Waals surface area contributed by atoms with E-state index in [-0.39, 0.29) is 6.04 Å². The summed E-state index contributed by atoms with van der Waals surface area (Å²) >= 11 is 5.93. The summed E-state index contributed by atoms with van der Waals surface area (Å²) in [5.41, 5.74) is 5.65. The third kappa shape index (κ3) is 5.97. The number of rotatable bonds is 4. The van der Waals surface area contributed by atoms with E-state index in [0.717, 1.165) is 27.8 Å². The van der Waals surface area contributed by atoms with Gasteiger partial charge in [0.1, 0.15) is 5.69 Å². The molecule has 1 aromatic heterocycles. The van der Waals surface area contributed by atoms with Gasteiger partial charge < -0.3 is 10.4 Å². The highest BCUT2D eigenvalue weighted by Gasteiger charge is 2.03. The summed E-state index contributed by atoms with van der Waals surface area (Å²) in [7, 11) is 0. The second-order valence-corrected chi connectivity index (χ2v) is 7.29. The molecule has 30 heavy (non-hydrogen) atoms. The molecule has 150 valence electrons. The van der Waals surface area contributed by atoms with Gasteiger partial charge in [-0.1, -0.05) is 53.9 Å². The maximum absolute atomic E-state index is 10.7. The first-order valence-electron chi connectivity index (χ1n) is 9.43. The minimum Gasteiger partial charge on any atom is -0.465 e. The summed E-state index contributed by atoms with van der Waals surface area (Å²) in [4.78, 5) is 15.1. The van der Waals surface area contributed by atoms with Crippen molar-refractivity contribution in [2.24, 2.45) is 0 Å². The van der Waals surface area contributed by atoms with Crippen molar-refractivity contribution in [3.05, 3.63) is 94.8 Å². The lowest BCUT2D eigenvalue weighted by Crippen LogP contribution is -2.29. The molecule has 2 N–H and O–H groups in total. The fourth-order valence-corrected chi connectivity index (χ4v) is 3.07. The number of carbonyl (C=O) groups is 1. The van der Waals surface area contributed by atoms with E-state index in [9.17, 15) is 4.79 Å². The van der Waals surface area contributed by atoms with E-state index >= 15 is 0 Å². The summed E-state index contributed by atoms with van der Waals surface area (Å²) in [5.74, 6) is 6.20. The second kappa shape index (κ2) is 9.78. The SMILES string of the molecule is CC(=C[C@@H](C)NC(=O)O)c1ccc(C#Cc2ccc(-c3ccc(Cl)cc3)cn2)cc1. The van der Waals surface area contributed by atoms with Gasteiger partial charge >= 0.3 is 6.09 Å². The predicted molar refractivity (Wildman–Crippen MR) is 121 cm³/mol. The van der Waals surface area contributed by atoms with Crippen LogP contribution in [-0.4, -0.2) is 22.2 Å². The van der Waals surface area contributed by atoms with Crippen LogP contribution in [-0.2, 0) is 0 Å². The molecule has 1 amide bonds. The smallest absolute Gasteiger partial charge is 0.405 e. The van der Waals surface area contributed by atoms with Gasteiger partial charge in [-0.05, 0) is 66.8 Å². The minimum absolute atomic E-state index is 0.260. The molecule has 3 aromatic rings. The highest BCUT2D eigenvalue weighted by Crippen LogP contribution is 2.21. The van der Waals surface area contributed by atoms with Crippen LogP contribution in [0.1, 0.15) is 30.7 Å². The maximum Gasteiger partial charge on any atom is 0.405 e. The van der Waals surface area contributed by atoms with Gasteiger partial charge in [0.2, 0.25) is 0 Å². The Bertz CT molecular complexity index is 1110. The zero-order valence-corrected chi connectivity index (χ0v) is 17.4. The number of nitrogens with zero attached hydrogens (tertiary/aromatic N) is 1. The summed E-state index contributed by atoms with van der Waals surface area (Å²) in [5, 5.41) is 11.9. The van der Waals surface area contributed by atoms with E-state index in [1.165, 1.54) is 0 Å². The molecule has 0 unspecified atom stereocenters. The Kier molecular flexibility index (Phi) is 6.90. The molecular weight excluding hydrogens is 396 g/mol. The standard InChI is InChI=1S/C25H21ClN2O2/c1-17(15-18(2)28-25(29)30)20-6-3-19(4-7-20)5-13-24-14-10-22(16-27-24)21-8-11-23(26)12-9-21/h3-4,6-12,14-16,18,28H,1-2H3,(H,29,30)/t18-/m1/s1. The highest BCUT2D eigenvalue weighted by molar-refractivity contribution is 6.30. The van der Waals surface area contributed by atoms with Crippen LogP contribution in [0.2, 0.25) is 5.02 Å². The molecule has 0 saturated heterocycles. The van der Waals surface area contributed by atoms with Crippen LogP contribution in [0.3, 0.4) is 0 Å². The Morgan fingerprint density at radius 1 is 1.03 bits per heavy atom. The molecule has 0 spiro atoms. The molecule has 0 aliphatic rings. The Balaban J connectivity index is 1.68. The summed E-state index contributed by atoms with van der Waals surface area (Å²) in [6.45, 7) is 3.75. The van der Waals surface area contributed by atoms with Gasteiger partial charge in [-0.15, -0.1) is 0 Å². The zero-order chi connectivity index (χ0) is 21.5. The number of benzene rings is 2. The molecule has 5 heteroatoms. The van der Waals surface area contributed by atoms with Crippen LogP contribution in [0, 0.1) is 11.8 Å². The zero-order valence-electron chi connectivity index (χ0n) is 16.7. The van der Waals surface area contributed by atoms with Gasteiger partial charge in [0, 0.05) is 28.4 Å². The van der Waals surface area contributed by atoms with E-state index in [2.05, 4.69) is 22.1 Å². The van der Waals surface area contributed by atoms with Crippen LogP contribution in [0.4, 0.5) is 4.79 Å². The quantitative estimate of drug-likeness (QED) is 0.523. The van der Waals surface area contributed by atoms with Gasteiger partial charge in [0.15, 0.2) is 0 Å². The molecule has 4 nitrogen and oxygen atoms in total. The van der Waals surface area contributed by atoms with Crippen LogP contribution in [0.25, 0.3) is 16.7 Å². The highest BCUT2D eigenvalue weighted by atomic mass is 35.5. The monoisotopic (exact) mass is 416 g/mol. The lowest BCUT2D eigenvalue weighted by atomic mass is 10.0. The number of carboxylic acid groups (broad SMARTS) is 1. The van der Waals surface area contributed by atoms with Gasteiger partial charge in [-0.2, -0.15) is 0 Å². The molecule has 3 rings (SSSR count). The molecule has 0 saturated carbocycles. The van der Waals surface area contributed by atoms with E-state index in [4.69, 9.17) is 16.7 Å². The molecule has 0 radical (unpaired) electrons. The normalized spacial score (nSPS) is 11.9. The van der Waals surface area contributed by atoms with E-state index < -0.39 is 6.09 Å². The van der Waals surface area contributed by atoms with Crippen molar-refractivity contribution >= 4 is 23.3 Å². The van der Waals surface area contributed by atoms with Gasteiger partial charge in [0.05, 0.1) is 0 Å². The van der Waals surface area contributed by atoms with Crippen molar-refractivity contribution in [3.8, 4) is 23.0 Å². The van der Waals surface area contributed by atoms with Crippen molar-refractivity contribution < 1.29 is 9.90 Å². The lowest BCUT2D eigenvalue weighted by Gasteiger charge is -2.08. The van der Waals surface area contributed by atoms with Crippen LogP contribution < -0.4 is 5.32 Å². The molecule has 0 aliphatic heterocycles. The number of allylic oxidation sites excluding steroid dienone is 1. The number of pyridine rings is 1. The number of amides is 1. The topological polar surface area (TPSA) is 62.2 Å². The van der Waals surface area contributed by atoms with Crippen molar-refractivity contribution in [1.82, 2.24) is 10.3 Å². The van der Waals surface area contributed by atoms with Crippen molar-refractivity contribution in [2.75, 3.05) is 0 Å². The summed E-state index contributed by atoms with van der Waals surface area (Å²) < 4.78 is 0. The van der Waals surface area contributed by atoms with Crippen LogP contribution in [0.15, 0.2) is 72.9 Å². The molecule has 2 aromatic carbocycles. The maximum atomic E-state index is 10.7. The third-order valence-corrected chi connectivity index (χ3v) is 4.72. The summed E-state index contributed by atoms with van der Waals surface area (Å²) in [6.07, 6.45) is 2.64. The summed E-state index contributed by atoms with van der Waals surface area (Å²) in [6, 6.07) is 19.1. The Morgan fingerprint density at radius 2 is 1.70 bits per heavy atom. The molecular formula is C25H21ClN2O2. The number of aromatic nitrogens is 1. The fraction of sp³-hybridized carbons (Fsp3) is 0.120. The first-order valence-corrected chi connectivity index (χ1v) is 9.81. The number of halogens is 1. The predicted octanol–water partition coefficient (Wildman–Crippen LogP) is 5.86. The van der Waals surface area contributed by atoms with Crippen LogP contribution >= 0.6 is 11.6 Å².